The van der Waals surface area contributed by atoms with Crippen LogP contribution in [0.1, 0.15) is 68.2 Å². The van der Waals surface area contributed by atoms with Gasteiger partial charge < -0.3 is 33.5 Å². The van der Waals surface area contributed by atoms with E-state index in [1.165, 1.54) is 19.6 Å². The van der Waals surface area contributed by atoms with Crippen LogP contribution < -0.4 is 0 Å². The van der Waals surface area contributed by atoms with E-state index in [1.807, 2.05) is 0 Å². The van der Waals surface area contributed by atoms with Gasteiger partial charge in [0, 0.05) is 39.6 Å². The summed E-state index contributed by atoms with van der Waals surface area (Å²) >= 11 is 0. The maximum absolute atomic E-state index is 11.5. The molecule has 1 aliphatic heterocycles. The van der Waals surface area contributed by atoms with Gasteiger partial charge in [0.1, 0.15) is 17.6 Å². The molecule has 0 N–H and O–H groups in total. The van der Waals surface area contributed by atoms with Gasteiger partial charge in [0.15, 0.2) is 5.78 Å². The van der Waals surface area contributed by atoms with E-state index >= 15 is 0 Å². The fourth-order valence-corrected chi connectivity index (χ4v) is 4.86. The van der Waals surface area contributed by atoms with E-state index < -0.39 is 0 Å². The third-order valence-corrected chi connectivity index (χ3v) is 5.98. The van der Waals surface area contributed by atoms with Crippen LogP contribution in [0.3, 0.4) is 0 Å². The molecule has 5 heteroatoms. The molecular weight excluding hydrogens is 391 g/mol. The molecular formula is C20H23NO3Y-2. The quantitative estimate of drug-likeness (QED) is 0.293. The topological polar surface area (TPSA) is 55.6 Å². The molecule has 2 aliphatic carbocycles. The van der Waals surface area contributed by atoms with Crippen LogP contribution in [0.2, 0.25) is 0 Å². The van der Waals surface area contributed by atoms with E-state index in [4.69, 9.17) is 15.7 Å². The second-order valence-corrected chi connectivity index (χ2v) is 7.24. The van der Waals surface area contributed by atoms with Gasteiger partial charge in [-0.1, -0.05) is 13.3 Å². The average Bonchev–Trinajstić information content (AvgIpc) is 2.97. The minimum atomic E-state index is -0.0807. The first kappa shape index (κ1) is 19.2. The van der Waals surface area contributed by atoms with Gasteiger partial charge in [0.25, 0.3) is 0 Å². The number of hydrogen-bond donors (Lipinski definition) is 0. The number of hydrogen-bond acceptors (Lipinski definition) is 4. The van der Waals surface area contributed by atoms with Crippen LogP contribution in [0, 0.1) is 24.5 Å². The monoisotopic (exact) mass is 414 g/mol. The predicted molar refractivity (Wildman–Crippen MR) is 88.2 cm³/mol. The number of carbonyl (C=O) groups is 1. The first-order chi connectivity index (χ1) is 11.6. The minimum Gasteiger partial charge on any atom is -0.448 e. The predicted octanol–water partition coefficient (Wildman–Crippen LogP) is 4.04. The van der Waals surface area contributed by atoms with Gasteiger partial charge in [-0.25, -0.2) is 4.98 Å². The summed E-state index contributed by atoms with van der Waals surface area (Å²) in [5.41, 5.74) is 1.41. The number of aromatic nitrogens is 1. The third kappa shape index (κ3) is 2.94. The Bertz CT molecular complexity index is 710. The zero-order valence-electron chi connectivity index (χ0n) is 14.8. The van der Waals surface area contributed by atoms with Gasteiger partial charge in [-0.05, 0) is 24.7 Å². The van der Waals surface area contributed by atoms with Gasteiger partial charge >= 0.3 is 0 Å². The standard InChI is InChI=1S/C20H23NO3.Y/c1-4-6-13(5-2)7-8-14-15-9-10-17-20(15,24-17)18(14)19-21-16(11-23-19)12(3)22;/h2,5,11,14-15,17-18H,4,6,8-10H2,1,3H3;/q-2;/t14-,15+,17+,18?,20-;/m0./s1. The van der Waals surface area contributed by atoms with Crippen LogP contribution in [-0.4, -0.2) is 22.5 Å². The summed E-state index contributed by atoms with van der Waals surface area (Å²) in [5, 5.41) is 0. The fourth-order valence-electron chi connectivity index (χ4n) is 4.86. The number of epoxide rings is 1. The Balaban J connectivity index is 0.00000182. The third-order valence-electron chi connectivity index (χ3n) is 5.98. The Labute approximate surface area is 174 Å². The summed E-state index contributed by atoms with van der Waals surface area (Å²) in [7, 11) is 0. The maximum Gasteiger partial charge on any atom is 0.201 e. The number of oxazole rings is 1. The summed E-state index contributed by atoms with van der Waals surface area (Å²) in [6.07, 6.45) is 12.1. The van der Waals surface area contributed by atoms with Crippen molar-refractivity contribution in [1.82, 2.24) is 4.98 Å². The summed E-state index contributed by atoms with van der Waals surface area (Å²) in [6, 6.07) is 0. The van der Waals surface area contributed by atoms with Crippen molar-refractivity contribution in [2.75, 3.05) is 0 Å². The SMILES string of the molecule is [CH-]=CC(=[C-]C[C@@H]1C(c2nc(C(C)=O)co2)[C@@]23O[C@@H]2CC[C@H]13)CCC.[Y]. The number of allylic oxidation sites excluding steroid dienone is 3. The molecule has 1 saturated heterocycles. The smallest absolute Gasteiger partial charge is 0.201 e. The average molecular weight is 414 g/mol. The van der Waals surface area contributed by atoms with Gasteiger partial charge in [-0.2, -0.15) is 0 Å². The second-order valence-electron chi connectivity index (χ2n) is 7.24. The molecule has 3 aliphatic rings. The van der Waals surface area contributed by atoms with E-state index in [9.17, 15) is 4.79 Å². The number of ketones is 1. The number of rotatable bonds is 7. The molecule has 1 aromatic rings. The first-order valence-electron chi connectivity index (χ1n) is 8.90. The molecule has 2 saturated carbocycles. The van der Waals surface area contributed by atoms with Crippen molar-refractivity contribution in [3.05, 3.63) is 42.2 Å². The molecule has 2 heterocycles. The first-order valence-corrected chi connectivity index (χ1v) is 8.90. The molecule has 25 heavy (non-hydrogen) atoms. The Morgan fingerprint density at radius 3 is 2.92 bits per heavy atom. The number of carbonyl (C=O) groups excluding carboxylic acids is 1. The van der Waals surface area contributed by atoms with Crippen molar-refractivity contribution in [2.24, 2.45) is 11.8 Å². The van der Waals surface area contributed by atoms with Crippen molar-refractivity contribution in [3.63, 3.8) is 0 Å². The largest absolute Gasteiger partial charge is 0.448 e. The fraction of sp³-hybridized carbons (Fsp3) is 0.600. The summed E-state index contributed by atoms with van der Waals surface area (Å²) in [4.78, 5) is 16.0. The zero-order chi connectivity index (χ0) is 16.9. The van der Waals surface area contributed by atoms with E-state index in [0.29, 0.717) is 29.5 Å². The Morgan fingerprint density at radius 2 is 2.32 bits per heavy atom. The minimum absolute atomic E-state index is 0. The van der Waals surface area contributed by atoms with Gasteiger partial charge in [-0.3, -0.25) is 4.79 Å². The molecule has 131 valence electrons. The van der Waals surface area contributed by atoms with Crippen LogP contribution in [0.4, 0.5) is 0 Å². The molecule has 0 bridgehead atoms. The normalized spacial score (nSPS) is 35.2. The molecule has 5 atom stereocenters. The second kappa shape index (κ2) is 7.21. The maximum atomic E-state index is 11.5. The van der Waals surface area contributed by atoms with E-state index in [-0.39, 0.29) is 50.0 Å². The molecule has 4 rings (SSSR count). The van der Waals surface area contributed by atoms with Crippen molar-refractivity contribution in [2.45, 2.75) is 63.6 Å². The van der Waals surface area contributed by atoms with Crippen molar-refractivity contribution in [1.29, 1.82) is 0 Å². The van der Waals surface area contributed by atoms with Gasteiger partial charge in [-0.15, -0.1) is 12.8 Å². The van der Waals surface area contributed by atoms with Crippen LogP contribution >= 0.6 is 0 Å². The van der Waals surface area contributed by atoms with Gasteiger partial charge in [0.2, 0.25) is 5.89 Å². The van der Waals surface area contributed by atoms with E-state index in [2.05, 4.69) is 18.0 Å². The molecule has 1 unspecified atom stereocenters. The van der Waals surface area contributed by atoms with Crippen molar-refractivity contribution < 1.29 is 46.7 Å². The molecule has 1 radical (unpaired) electrons. The number of ether oxygens (including phenoxy) is 1. The van der Waals surface area contributed by atoms with Crippen molar-refractivity contribution >= 4 is 5.78 Å². The summed E-state index contributed by atoms with van der Waals surface area (Å²) < 4.78 is 11.7. The Morgan fingerprint density at radius 1 is 1.52 bits per heavy atom. The molecule has 0 amide bonds. The summed E-state index contributed by atoms with van der Waals surface area (Å²) in [6.45, 7) is 9.36. The van der Waals surface area contributed by atoms with E-state index in [0.717, 1.165) is 31.3 Å². The van der Waals surface area contributed by atoms with Crippen LogP contribution in [0.15, 0.2) is 22.3 Å². The van der Waals surface area contributed by atoms with Crippen LogP contribution in [0.5, 0.6) is 0 Å². The zero-order valence-corrected chi connectivity index (χ0v) is 17.7. The van der Waals surface area contributed by atoms with E-state index in [1.54, 1.807) is 6.08 Å². The molecule has 0 aromatic carbocycles. The number of nitrogens with zero attached hydrogens (tertiary/aromatic N) is 1. The van der Waals surface area contributed by atoms with Gasteiger partial charge in [0.05, 0.1) is 12.0 Å². The van der Waals surface area contributed by atoms with Crippen molar-refractivity contribution in [3.8, 4) is 0 Å². The molecule has 1 spiro atoms. The van der Waals surface area contributed by atoms with Crippen LogP contribution in [0.25, 0.3) is 0 Å². The summed E-state index contributed by atoms with van der Waals surface area (Å²) in [5.74, 6) is 1.68. The molecule has 4 nitrogen and oxygen atoms in total. The Kier molecular flexibility index (Phi) is 5.53. The molecule has 3 fully saturated rings. The van der Waals surface area contributed by atoms with Crippen LogP contribution in [-0.2, 0) is 37.4 Å². The number of Topliss-reactive ketones (excluding diaryl/α,β-unsaturated/α-hetero) is 1. The molecule has 1 aromatic heterocycles. The Hall–Kier alpha value is -0.576.